The lowest BCUT2D eigenvalue weighted by molar-refractivity contribution is 0.253. The molecule has 2 aromatic heterocycles. The predicted molar refractivity (Wildman–Crippen MR) is 135 cm³/mol. The van der Waals surface area contributed by atoms with E-state index in [-0.39, 0.29) is 5.75 Å². The van der Waals surface area contributed by atoms with E-state index in [1.807, 2.05) is 12.1 Å². The van der Waals surface area contributed by atoms with Crippen molar-refractivity contribution in [1.29, 1.82) is 0 Å². The molecule has 1 N–H and O–H groups in total. The Kier molecular flexibility index (Phi) is 7.70. The number of sulfonamides is 1. The number of hydrogen-bond acceptors (Lipinski definition) is 7. The van der Waals surface area contributed by atoms with E-state index in [4.69, 9.17) is 4.74 Å². The van der Waals surface area contributed by atoms with Gasteiger partial charge in [0.1, 0.15) is 6.33 Å². The fourth-order valence-electron chi connectivity index (χ4n) is 4.47. The van der Waals surface area contributed by atoms with E-state index >= 15 is 0 Å². The molecule has 0 aliphatic carbocycles. The van der Waals surface area contributed by atoms with Gasteiger partial charge in [0.2, 0.25) is 10.0 Å². The van der Waals surface area contributed by atoms with Crippen LogP contribution in [0.2, 0.25) is 0 Å². The van der Waals surface area contributed by atoms with Crippen molar-refractivity contribution in [1.82, 2.24) is 24.2 Å². The van der Waals surface area contributed by atoms with Gasteiger partial charge in [-0.05, 0) is 49.6 Å². The van der Waals surface area contributed by atoms with Gasteiger partial charge in [0.25, 0.3) is 0 Å². The van der Waals surface area contributed by atoms with Crippen LogP contribution in [0.15, 0.2) is 36.9 Å². The first kappa shape index (κ1) is 24.4. The molecular weight excluding hydrogens is 452 g/mol. The third-order valence-corrected chi connectivity index (χ3v) is 8.36. The Labute approximate surface area is 201 Å². The zero-order chi connectivity index (χ0) is 24.1. The third-order valence-electron chi connectivity index (χ3n) is 6.55. The van der Waals surface area contributed by atoms with Crippen LogP contribution in [0.3, 0.4) is 0 Å². The molecule has 0 spiro atoms. The fourth-order valence-corrected chi connectivity index (χ4v) is 5.26. The molecule has 3 aromatic rings. The summed E-state index contributed by atoms with van der Waals surface area (Å²) < 4.78 is 31.0. The van der Waals surface area contributed by atoms with Crippen molar-refractivity contribution in [2.75, 3.05) is 57.5 Å². The second-order valence-corrected chi connectivity index (χ2v) is 11.1. The first-order valence-corrected chi connectivity index (χ1v) is 13.4. The predicted octanol–water partition coefficient (Wildman–Crippen LogP) is 2.50. The lowest BCUT2D eigenvalue weighted by Gasteiger charge is -2.35. The largest absolute Gasteiger partial charge is 0.491 e. The molecule has 0 atom stereocenters. The van der Waals surface area contributed by atoms with Crippen molar-refractivity contribution >= 4 is 26.7 Å². The molecule has 184 valence electrons. The number of aromatic nitrogens is 3. The highest BCUT2D eigenvalue weighted by molar-refractivity contribution is 7.89. The van der Waals surface area contributed by atoms with Crippen LogP contribution in [0, 0.1) is 0 Å². The topological polar surface area (TPSA) is 94.7 Å². The van der Waals surface area contributed by atoms with Crippen LogP contribution < -0.4 is 9.64 Å². The molecule has 1 aromatic carbocycles. The number of methoxy groups -OCH3 is 1. The summed E-state index contributed by atoms with van der Waals surface area (Å²) in [6.45, 7) is 6.91. The molecule has 1 saturated heterocycles. The van der Waals surface area contributed by atoms with Gasteiger partial charge >= 0.3 is 0 Å². The summed E-state index contributed by atoms with van der Waals surface area (Å²) in [5.74, 6) is 1.69. The van der Waals surface area contributed by atoms with Crippen LogP contribution in [0.4, 0.5) is 5.82 Å². The molecule has 1 aliphatic heterocycles. The molecule has 0 saturated carbocycles. The second kappa shape index (κ2) is 10.7. The zero-order valence-corrected chi connectivity index (χ0v) is 21.0. The summed E-state index contributed by atoms with van der Waals surface area (Å²) in [7, 11) is 0.0946. The van der Waals surface area contributed by atoms with Crippen molar-refractivity contribution in [3.8, 4) is 5.75 Å². The number of nitrogens with zero attached hydrogens (tertiary/aromatic N) is 5. The molecule has 0 bridgehead atoms. The number of nitrogens with one attached hydrogen (secondary N) is 1. The number of fused-ring (bicyclic) bond motifs is 1. The molecule has 0 amide bonds. The fraction of sp³-hybridized carbons (Fsp3) is 0.500. The van der Waals surface area contributed by atoms with E-state index in [0.717, 1.165) is 62.5 Å². The molecule has 0 unspecified atom stereocenters. The minimum atomic E-state index is -3.20. The van der Waals surface area contributed by atoms with Gasteiger partial charge in [-0.2, -0.15) is 0 Å². The monoisotopic (exact) mass is 486 g/mol. The van der Waals surface area contributed by atoms with Gasteiger partial charge in [0.15, 0.2) is 11.6 Å². The normalized spacial score (nSPS) is 15.4. The second-order valence-electron chi connectivity index (χ2n) is 8.70. The zero-order valence-electron chi connectivity index (χ0n) is 20.2. The molecule has 1 aliphatic rings. The van der Waals surface area contributed by atoms with E-state index in [1.54, 1.807) is 33.6 Å². The Morgan fingerprint density at radius 2 is 2.00 bits per heavy atom. The van der Waals surface area contributed by atoms with Crippen molar-refractivity contribution < 1.29 is 13.2 Å². The smallest absolute Gasteiger partial charge is 0.213 e. The van der Waals surface area contributed by atoms with Gasteiger partial charge in [-0.1, -0.05) is 6.07 Å². The number of rotatable bonds is 10. The number of hydrogen-bond donors (Lipinski definition) is 1. The minimum Gasteiger partial charge on any atom is -0.491 e. The Morgan fingerprint density at radius 1 is 1.21 bits per heavy atom. The van der Waals surface area contributed by atoms with Crippen molar-refractivity contribution in [2.24, 2.45) is 0 Å². The number of aryl methyl sites for hydroxylation is 1. The Hall–Kier alpha value is -2.69. The van der Waals surface area contributed by atoms with E-state index in [9.17, 15) is 8.42 Å². The summed E-state index contributed by atoms with van der Waals surface area (Å²) in [5.41, 5.74) is 3.37. The Balaban J connectivity index is 1.31. The van der Waals surface area contributed by atoms with E-state index < -0.39 is 10.0 Å². The van der Waals surface area contributed by atoms with Crippen molar-refractivity contribution in [3.05, 3.63) is 48.0 Å². The molecule has 0 radical (unpaired) electrons. The Bertz CT molecular complexity index is 1200. The van der Waals surface area contributed by atoms with E-state index in [0.29, 0.717) is 12.3 Å². The maximum absolute atomic E-state index is 12.1. The highest BCUT2D eigenvalue weighted by Gasteiger charge is 2.21. The van der Waals surface area contributed by atoms with Crippen LogP contribution in [-0.4, -0.2) is 85.2 Å². The molecule has 10 heteroatoms. The number of aromatic amines is 1. The number of anilines is 1. The Morgan fingerprint density at radius 3 is 2.74 bits per heavy atom. The van der Waals surface area contributed by atoms with E-state index in [2.05, 4.69) is 37.0 Å². The highest BCUT2D eigenvalue weighted by Crippen LogP contribution is 2.25. The number of piperazine rings is 1. The number of benzene rings is 1. The quantitative estimate of drug-likeness (QED) is 0.470. The minimum absolute atomic E-state index is 0.113. The number of H-pyrrole nitrogens is 1. The standard InChI is InChI=1S/C24H34N6O3S/c1-4-34(31,32)28(2)17-19-7-8-22-21(14-19)20(15-26-22)6-5-9-29-10-12-30(13-11-29)24-23(33-3)16-25-18-27-24/h7-8,14-16,18,26H,4-6,9-13,17H2,1-3H3. The van der Waals surface area contributed by atoms with Gasteiger partial charge in [-0.25, -0.2) is 22.7 Å². The maximum atomic E-state index is 12.1. The summed E-state index contributed by atoms with van der Waals surface area (Å²) >= 11 is 0. The highest BCUT2D eigenvalue weighted by atomic mass is 32.2. The first-order chi connectivity index (χ1) is 16.4. The van der Waals surface area contributed by atoms with Crippen LogP contribution >= 0.6 is 0 Å². The summed E-state index contributed by atoms with van der Waals surface area (Å²) in [5, 5.41) is 1.18. The van der Waals surface area contributed by atoms with Crippen LogP contribution in [0.1, 0.15) is 24.5 Å². The first-order valence-electron chi connectivity index (χ1n) is 11.8. The van der Waals surface area contributed by atoms with Crippen molar-refractivity contribution in [2.45, 2.75) is 26.3 Å². The third kappa shape index (κ3) is 5.51. The lowest BCUT2D eigenvalue weighted by Crippen LogP contribution is -2.47. The van der Waals surface area contributed by atoms with Crippen LogP contribution in [0.5, 0.6) is 5.75 Å². The summed E-state index contributed by atoms with van der Waals surface area (Å²) in [6, 6.07) is 6.16. The van der Waals surface area contributed by atoms with Gasteiger partial charge in [-0.15, -0.1) is 0 Å². The van der Waals surface area contributed by atoms with Gasteiger partial charge in [0.05, 0.1) is 19.1 Å². The average molecular weight is 487 g/mol. The molecule has 34 heavy (non-hydrogen) atoms. The van der Waals surface area contributed by atoms with Gasteiger partial charge in [-0.3, -0.25) is 4.90 Å². The molecule has 9 nitrogen and oxygen atoms in total. The lowest BCUT2D eigenvalue weighted by atomic mass is 10.1. The van der Waals surface area contributed by atoms with Crippen LogP contribution in [0.25, 0.3) is 10.9 Å². The molecule has 1 fully saturated rings. The average Bonchev–Trinajstić information content (AvgIpc) is 3.26. The van der Waals surface area contributed by atoms with E-state index in [1.165, 1.54) is 15.3 Å². The summed E-state index contributed by atoms with van der Waals surface area (Å²) in [6.07, 6.45) is 7.41. The van der Waals surface area contributed by atoms with Crippen LogP contribution in [-0.2, 0) is 23.0 Å². The number of ether oxygens (including phenoxy) is 1. The summed E-state index contributed by atoms with van der Waals surface area (Å²) in [4.78, 5) is 16.5. The molecule has 4 rings (SSSR count). The maximum Gasteiger partial charge on any atom is 0.213 e. The van der Waals surface area contributed by atoms with Crippen molar-refractivity contribution in [3.63, 3.8) is 0 Å². The molecular formula is C24H34N6O3S. The SMILES string of the molecule is CCS(=O)(=O)N(C)Cc1ccc2[nH]cc(CCCN3CCN(c4ncncc4OC)CC3)c2c1. The van der Waals surface area contributed by atoms with Gasteiger partial charge < -0.3 is 14.6 Å². The molecule has 3 heterocycles. The van der Waals surface area contributed by atoms with Gasteiger partial charge in [0, 0.05) is 56.9 Å².